The van der Waals surface area contributed by atoms with Crippen LogP contribution in [-0.4, -0.2) is 35.2 Å². The average Bonchev–Trinajstić information content (AvgIpc) is 2.48. The highest BCUT2D eigenvalue weighted by Gasteiger charge is 2.22. The van der Waals surface area contributed by atoms with Gasteiger partial charge in [0.05, 0.1) is 15.5 Å². The van der Waals surface area contributed by atoms with E-state index in [0.29, 0.717) is 5.56 Å². The van der Waals surface area contributed by atoms with Gasteiger partial charge < -0.3 is 0 Å². The van der Waals surface area contributed by atoms with Crippen LogP contribution in [0.3, 0.4) is 0 Å². The molecule has 0 aliphatic heterocycles. The van der Waals surface area contributed by atoms with Crippen LogP contribution in [0, 0.1) is 19.7 Å². The summed E-state index contributed by atoms with van der Waals surface area (Å²) < 4.78 is 66.3. The number of aryl methyl sites for hydroxylation is 2. The maximum Gasteiger partial charge on any atom is 0.262 e. The highest BCUT2D eigenvalue weighted by Crippen LogP contribution is 2.25. The highest BCUT2D eigenvalue weighted by atomic mass is 32.2. The van der Waals surface area contributed by atoms with E-state index in [-0.39, 0.29) is 21.0 Å². The lowest BCUT2D eigenvalue weighted by molar-refractivity contribution is 0.520. The van der Waals surface area contributed by atoms with Crippen molar-refractivity contribution < 1.29 is 21.2 Å². The fourth-order valence-corrected chi connectivity index (χ4v) is 4.47. The SMILES string of the molecule is Cc1ccc(S(=O)(=O)N(C)C)cc1NS(=O)(=O)c1ccc(F)cc1C. The molecule has 0 radical (unpaired) electrons. The van der Waals surface area contributed by atoms with E-state index in [0.717, 1.165) is 16.4 Å². The number of anilines is 1. The van der Waals surface area contributed by atoms with E-state index in [1.54, 1.807) is 6.92 Å². The van der Waals surface area contributed by atoms with E-state index in [2.05, 4.69) is 4.72 Å². The van der Waals surface area contributed by atoms with Crippen molar-refractivity contribution >= 4 is 25.7 Å². The average molecular weight is 386 g/mol. The monoisotopic (exact) mass is 386 g/mol. The van der Waals surface area contributed by atoms with Crippen LogP contribution in [-0.2, 0) is 20.0 Å². The largest absolute Gasteiger partial charge is 0.279 e. The molecular formula is C16H19FN2O4S2. The van der Waals surface area contributed by atoms with Crippen molar-refractivity contribution in [1.82, 2.24) is 4.31 Å². The summed E-state index contributed by atoms with van der Waals surface area (Å²) in [6.45, 7) is 3.14. The summed E-state index contributed by atoms with van der Waals surface area (Å²) in [5.41, 5.74) is 0.954. The first kappa shape index (κ1) is 19.4. The zero-order chi connectivity index (χ0) is 19.0. The molecule has 0 unspecified atom stereocenters. The van der Waals surface area contributed by atoms with Crippen LogP contribution in [0.5, 0.6) is 0 Å². The lowest BCUT2D eigenvalue weighted by Crippen LogP contribution is -2.22. The molecule has 0 aliphatic rings. The molecule has 0 saturated heterocycles. The minimum atomic E-state index is -3.99. The third kappa shape index (κ3) is 4.00. The van der Waals surface area contributed by atoms with Gasteiger partial charge in [-0.2, -0.15) is 0 Å². The van der Waals surface area contributed by atoms with Gasteiger partial charge >= 0.3 is 0 Å². The zero-order valence-electron chi connectivity index (χ0n) is 14.2. The summed E-state index contributed by atoms with van der Waals surface area (Å²) in [6, 6.07) is 7.54. The first-order chi connectivity index (χ1) is 11.4. The Bertz CT molecular complexity index is 1020. The molecule has 0 aliphatic carbocycles. The van der Waals surface area contributed by atoms with Crippen LogP contribution in [0.1, 0.15) is 11.1 Å². The van der Waals surface area contributed by atoms with E-state index in [9.17, 15) is 21.2 Å². The standard InChI is InChI=1S/C16H19FN2O4S2/c1-11-5-7-14(25(22,23)19(3)4)10-15(11)18-24(20,21)16-8-6-13(17)9-12(16)2/h5-10,18H,1-4H3. The highest BCUT2D eigenvalue weighted by molar-refractivity contribution is 7.92. The van der Waals surface area contributed by atoms with Gasteiger partial charge in [-0.3, -0.25) is 4.72 Å². The van der Waals surface area contributed by atoms with E-state index >= 15 is 0 Å². The van der Waals surface area contributed by atoms with Crippen molar-refractivity contribution in [2.24, 2.45) is 0 Å². The van der Waals surface area contributed by atoms with Crippen LogP contribution < -0.4 is 4.72 Å². The molecule has 0 amide bonds. The van der Waals surface area contributed by atoms with Crippen molar-refractivity contribution in [3.8, 4) is 0 Å². The Morgan fingerprint density at radius 3 is 2.12 bits per heavy atom. The van der Waals surface area contributed by atoms with Crippen LogP contribution in [0.2, 0.25) is 0 Å². The number of nitrogens with one attached hydrogen (secondary N) is 1. The fourth-order valence-electron chi connectivity index (χ4n) is 2.20. The van der Waals surface area contributed by atoms with Crippen LogP contribution in [0.15, 0.2) is 46.2 Å². The van der Waals surface area contributed by atoms with E-state index in [4.69, 9.17) is 0 Å². The topological polar surface area (TPSA) is 83.6 Å². The number of rotatable bonds is 5. The van der Waals surface area contributed by atoms with Gasteiger partial charge in [0.25, 0.3) is 10.0 Å². The van der Waals surface area contributed by atoms with Gasteiger partial charge in [-0.15, -0.1) is 0 Å². The number of halogens is 1. The molecule has 136 valence electrons. The second kappa shape index (κ2) is 6.74. The summed E-state index contributed by atoms with van der Waals surface area (Å²) in [6.07, 6.45) is 0. The first-order valence-electron chi connectivity index (χ1n) is 7.27. The Morgan fingerprint density at radius 1 is 0.920 bits per heavy atom. The number of benzene rings is 2. The minimum Gasteiger partial charge on any atom is -0.279 e. The normalized spacial score (nSPS) is 12.4. The summed E-state index contributed by atoms with van der Waals surface area (Å²) >= 11 is 0. The maximum atomic E-state index is 13.2. The minimum absolute atomic E-state index is 0.0309. The Kier molecular flexibility index (Phi) is 5.22. The third-order valence-corrected chi connectivity index (χ3v) is 7.00. The molecule has 2 aromatic carbocycles. The van der Waals surface area contributed by atoms with Crippen molar-refractivity contribution in [1.29, 1.82) is 0 Å². The van der Waals surface area contributed by atoms with Crippen LogP contribution in [0.4, 0.5) is 10.1 Å². The second-order valence-electron chi connectivity index (χ2n) is 5.78. The molecule has 0 aromatic heterocycles. The molecule has 0 bridgehead atoms. The third-order valence-electron chi connectivity index (χ3n) is 3.66. The molecule has 9 heteroatoms. The number of hydrogen-bond donors (Lipinski definition) is 1. The molecule has 0 spiro atoms. The van der Waals surface area contributed by atoms with Gasteiger partial charge in [-0.25, -0.2) is 25.5 Å². The molecule has 0 atom stereocenters. The Hall–Kier alpha value is -1.97. The lowest BCUT2D eigenvalue weighted by Gasteiger charge is -2.16. The molecule has 2 rings (SSSR count). The smallest absolute Gasteiger partial charge is 0.262 e. The zero-order valence-corrected chi connectivity index (χ0v) is 15.9. The van der Waals surface area contributed by atoms with E-state index < -0.39 is 25.9 Å². The second-order valence-corrected chi connectivity index (χ2v) is 9.58. The Balaban J connectivity index is 2.49. The fraction of sp³-hybridized carbons (Fsp3) is 0.250. The Morgan fingerprint density at radius 2 is 1.56 bits per heavy atom. The number of sulfonamides is 2. The molecule has 6 nitrogen and oxygen atoms in total. The van der Waals surface area contributed by atoms with Crippen molar-refractivity contribution in [2.45, 2.75) is 23.6 Å². The van der Waals surface area contributed by atoms with Gasteiger partial charge in [0, 0.05) is 14.1 Å². The molecule has 1 N–H and O–H groups in total. The van der Waals surface area contributed by atoms with Gasteiger partial charge in [-0.1, -0.05) is 6.07 Å². The first-order valence-corrected chi connectivity index (χ1v) is 10.2. The van der Waals surface area contributed by atoms with Crippen molar-refractivity contribution in [3.05, 3.63) is 53.3 Å². The lowest BCUT2D eigenvalue weighted by atomic mass is 10.2. The molecular weight excluding hydrogens is 367 g/mol. The predicted octanol–water partition coefficient (Wildman–Crippen LogP) is 2.49. The summed E-state index contributed by atoms with van der Waals surface area (Å²) in [7, 11) is -4.91. The molecule has 25 heavy (non-hydrogen) atoms. The predicted molar refractivity (Wildman–Crippen MR) is 94.0 cm³/mol. The van der Waals surface area contributed by atoms with Crippen molar-refractivity contribution in [3.63, 3.8) is 0 Å². The molecule has 2 aromatic rings. The van der Waals surface area contributed by atoms with Crippen LogP contribution >= 0.6 is 0 Å². The van der Waals surface area contributed by atoms with Crippen molar-refractivity contribution in [2.75, 3.05) is 18.8 Å². The molecule has 0 fully saturated rings. The molecule has 0 saturated carbocycles. The van der Waals surface area contributed by atoms with Gasteiger partial charge in [0.15, 0.2) is 0 Å². The summed E-state index contributed by atoms with van der Waals surface area (Å²) in [5, 5.41) is 0. The summed E-state index contributed by atoms with van der Waals surface area (Å²) in [5.74, 6) is -0.535. The quantitative estimate of drug-likeness (QED) is 0.856. The number of nitrogens with zero attached hydrogens (tertiary/aromatic N) is 1. The van der Waals surface area contributed by atoms with E-state index in [1.165, 1.54) is 45.3 Å². The van der Waals surface area contributed by atoms with Crippen LogP contribution in [0.25, 0.3) is 0 Å². The Labute approximate surface area is 147 Å². The summed E-state index contributed by atoms with van der Waals surface area (Å²) in [4.78, 5) is -0.106. The van der Waals surface area contributed by atoms with Gasteiger partial charge in [0.1, 0.15) is 5.82 Å². The van der Waals surface area contributed by atoms with E-state index in [1.807, 2.05) is 0 Å². The molecule has 0 heterocycles. The van der Waals surface area contributed by atoms with Gasteiger partial charge in [-0.05, 0) is 55.3 Å². The maximum absolute atomic E-state index is 13.2. The number of hydrogen-bond acceptors (Lipinski definition) is 4. The van der Waals surface area contributed by atoms with Gasteiger partial charge in [0.2, 0.25) is 10.0 Å².